The largest absolute Gasteiger partial charge is 0.805 e. The van der Waals surface area contributed by atoms with E-state index in [0.717, 1.165) is 6.20 Å². The molecule has 1 heterocycles. The van der Waals surface area contributed by atoms with E-state index >= 15 is 0 Å². The summed E-state index contributed by atoms with van der Waals surface area (Å²) >= 11 is 0. The van der Waals surface area contributed by atoms with Crippen molar-refractivity contribution in [3.05, 3.63) is 29.2 Å². The highest BCUT2D eigenvalue weighted by atomic mass is 16.5. The molecule has 0 aliphatic carbocycles. The maximum atomic E-state index is 10.4. The van der Waals surface area contributed by atoms with Crippen LogP contribution < -0.4 is 0 Å². The van der Waals surface area contributed by atoms with Gasteiger partial charge in [-0.3, -0.25) is 0 Å². The smallest absolute Gasteiger partial charge is 0.352 e. The summed E-state index contributed by atoms with van der Waals surface area (Å²) in [4.78, 5) is 10.1. The van der Waals surface area contributed by atoms with Crippen molar-refractivity contribution in [1.29, 1.82) is 0 Å². The second-order valence-corrected chi connectivity index (χ2v) is 1.52. The van der Waals surface area contributed by atoms with E-state index in [0.29, 0.717) is 4.73 Å². The first-order valence-electron chi connectivity index (χ1n) is 2.30. The van der Waals surface area contributed by atoms with Crippen LogP contribution >= 0.6 is 0 Å². The highest BCUT2D eigenvalue weighted by Crippen LogP contribution is 1.98. The Balaban J connectivity index is 3.08. The third kappa shape index (κ3) is 0.861. The SMILES string of the molecule is O=C(O)c1cccn1[O-]. The summed E-state index contributed by atoms with van der Waals surface area (Å²) in [7, 11) is 0. The van der Waals surface area contributed by atoms with Gasteiger partial charge in [0, 0.05) is 0 Å². The van der Waals surface area contributed by atoms with Crippen LogP contribution in [0.25, 0.3) is 0 Å². The first-order chi connectivity index (χ1) is 4.22. The molecule has 0 saturated carbocycles. The highest BCUT2D eigenvalue weighted by molar-refractivity contribution is 5.85. The minimum atomic E-state index is -1.20. The van der Waals surface area contributed by atoms with E-state index in [1.807, 2.05) is 0 Å². The Labute approximate surface area is 50.9 Å². The number of hydrogen-bond acceptors (Lipinski definition) is 2. The number of nitrogens with zero attached hydrogens (tertiary/aromatic N) is 1. The molecule has 9 heavy (non-hydrogen) atoms. The third-order valence-electron chi connectivity index (χ3n) is 0.932. The predicted octanol–water partition coefficient (Wildman–Crippen LogP) is 0.532. The van der Waals surface area contributed by atoms with E-state index in [4.69, 9.17) is 5.11 Å². The van der Waals surface area contributed by atoms with Gasteiger partial charge in [-0.2, -0.15) is 0 Å². The Hall–Kier alpha value is -1.45. The van der Waals surface area contributed by atoms with Crippen LogP contribution in [0.2, 0.25) is 0 Å². The lowest BCUT2D eigenvalue weighted by molar-refractivity contribution is 0.0688. The summed E-state index contributed by atoms with van der Waals surface area (Å²) in [6.07, 6.45) is 1.14. The monoisotopic (exact) mass is 126 g/mol. The number of carboxylic acid groups (broad SMARTS) is 1. The molecule has 0 unspecified atom stereocenters. The Kier molecular flexibility index (Phi) is 1.14. The Morgan fingerprint density at radius 2 is 2.44 bits per heavy atom. The number of hydrogen-bond donors (Lipinski definition) is 1. The van der Waals surface area contributed by atoms with Crippen LogP contribution in [0.1, 0.15) is 10.5 Å². The van der Waals surface area contributed by atoms with Gasteiger partial charge < -0.3 is 15.0 Å². The number of carbonyl (C=O) groups is 1. The molecular weight excluding hydrogens is 122 g/mol. The summed E-state index contributed by atoms with van der Waals surface area (Å²) in [6, 6.07) is 2.63. The molecule has 4 nitrogen and oxygen atoms in total. The fraction of sp³-hybridized carbons (Fsp3) is 0. The molecule has 0 aromatic carbocycles. The molecule has 1 aromatic rings. The normalized spacial score (nSPS) is 9.33. The van der Waals surface area contributed by atoms with Crippen molar-refractivity contribution in [1.82, 2.24) is 4.73 Å². The number of carboxylic acids is 1. The molecular formula is C5H4NO3-. The van der Waals surface area contributed by atoms with Crippen LogP contribution in [-0.2, 0) is 0 Å². The molecule has 0 aliphatic rings. The van der Waals surface area contributed by atoms with Gasteiger partial charge in [-0.05, 0) is 18.3 Å². The third-order valence-corrected chi connectivity index (χ3v) is 0.932. The molecule has 0 radical (unpaired) electrons. The molecule has 0 spiro atoms. The summed E-state index contributed by atoms with van der Waals surface area (Å²) in [5, 5.41) is 18.6. The van der Waals surface area contributed by atoms with E-state index in [1.54, 1.807) is 0 Å². The molecule has 1 N–H and O–H groups in total. The van der Waals surface area contributed by atoms with Gasteiger partial charge in [0.25, 0.3) is 0 Å². The number of rotatable bonds is 1. The first-order valence-corrected chi connectivity index (χ1v) is 2.30. The van der Waals surface area contributed by atoms with Crippen LogP contribution in [0.5, 0.6) is 0 Å². The molecule has 4 heteroatoms. The Morgan fingerprint density at radius 1 is 1.78 bits per heavy atom. The van der Waals surface area contributed by atoms with Gasteiger partial charge in [0.2, 0.25) is 0 Å². The molecule has 0 bridgehead atoms. The maximum absolute atomic E-state index is 10.4. The molecule has 1 aromatic heterocycles. The van der Waals surface area contributed by atoms with E-state index in [1.165, 1.54) is 12.1 Å². The fourth-order valence-corrected chi connectivity index (χ4v) is 0.532. The van der Waals surface area contributed by atoms with Crippen molar-refractivity contribution in [3.63, 3.8) is 0 Å². The average molecular weight is 126 g/mol. The lowest BCUT2D eigenvalue weighted by atomic mass is 10.4. The highest BCUT2D eigenvalue weighted by Gasteiger charge is 2.01. The zero-order valence-corrected chi connectivity index (χ0v) is 4.44. The lowest BCUT2D eigenvalue weighted by Gasteiger charge is -2.06. The molecule has 0 saturated heterocycles. The zero-order chi connectivity index (χ0) is 6.85. The minimum Gasteiger partial charge on any atom is -0.805 e. The predicted molar refractivity (Wildman–Crippen MR) is 30.2 cm³/mol. The van der Waals surface area contributed by atoms with Crippen molar-refractivity contribution >= 4 is 5.97 Å². The topological polar surface area (TPSA) is 65.3 Å². The average Bonchev–Trinajstić information content (AvgIpc) is 2.13. The molecule has 1 rings (SSSR count). The van der Waals surface area contributed by atoms with Gasteiger partial charge in [0.05, 0.1) is 0 Å². The Bertz CT molecular complexity index is 228. The molecule has 48 valence electrons. The number of aromatic carboxylic acids is 1. The van der Waals surface area contributed by atoms with Crippen LogP contribution in [0, 0.1) is 5.21 Å². The first kappa shape index (κ1) is 5.68. The fourth-order valence-electron chi connectivity index (χ4n) is 0.532. The zero-order valence-electron chi connectivity index (χ0n) is 4.44. The minimum absolute atomic E-state index is 0.241. The van der Waals surface area contributed by atoms with E-state index in [2.05, 4.69) is 0 Å². The summed E-state index contributed by atoms with van der Waals surface area (Å²) in [5.41, 5.74) is -0.241. The van der Waals surface area contributed by atoms with E-state index in [-0.39, 0.29) is 5.69 Å². The van der Waals surface area contributed by atoms with Gasteiger partial charge in [0.15, 0.2) is 0 Å². The summed E-state index contributed by atoms with van der Waals surface area (Å²) < 4.78 is 0.308. The van der Waals surface area contributed by atoms with Crippen molar-refractivity contribution in [2.75, 3.05) is 0 Å². The molecule has 0 fully saturated rings. The van der Waals surface area contributed by atoms with Gasteiger partial charge in [0.1, 0.15) is 5.69 Å². The van der Waals surface area contributed by atoms with Gasteiger partial charge >= 0.3 is 5.97 Å². The quantitative estimate of drug-likeness (QED) is 0.596. The van der Waals surface area contributed by atoms with Crippen LogP contribution in [-0.4, -0.2) is 15.8 Å². The van der Waals surface area contributed by atoms with Crippen LogP contribution in [0.15, 0.2) is 18.3 Å². The van der Waals surface area contributed by atoms with Gasteiger partial charge in [-0.25, -0.2) is 4.79 Å². The van der Waals surface area contributed by atoms with E-state index < -0.39 is 5.97 Å². The van der Waals surface area contributed by atoms with Crippen molar-refractivity contribution in [2.45, 2.75) is 0 Å². The van der Waals surface area contributed by atoms with Crippen LogP contribution in [0.4, 0.5) is 0 Å². The van der Waals surface area contributed by atoms with Gasteiger partial charge in [-0.1, -0.05) is 0 Å². The van der Waals surface area contributed by atoms with Crippen molar-refractivity contribution < 1.29 is 9.90 Å². The molecule has 0 aliphatic heterocycles. The second kappa shape index (κ2) is 1.81. The standard InChI is InChI=1S/C5H4NO3/c7-5(8)4-2-1-3-6(4)9/h1-3H,(H,7,8)/q-1. The van der Waals surface area contributed by atoms with Crippen molar-refractivity contribution in [3.8, 4) is 0 Å². The van der Waals surface area contributed by atoms with E-state index in [9.17, 15) is 10.0 Å². The Morgan fingerprint density at radius 3 is 2.67 bits per heavy atom. The second-order valence-electron chi connectivity index (χ2n) is 1.52. The van der Waals surface area contributed by atoms with Crippen LogP contribution in [0.3, 0.4) is 0 Å². The van der Waals surface area contributed by atoms with Gasteiger partial charge in [-0.15, -0.1) is 0 Å². The molecule has 0 amide bonds. The maximum Gasteiger partial charge on any atom is 0.352 e. The summed E-state index contributed by atoms with van der Waals surface area (Å²) in [6.45, 7) is 0. The summed E-state index contributed by atoms with van der Waals surface area (Å²) in [5.74, 6) is -1.20. The lowest BCUT2D eigenvalue weighted by Crippen LogP contribution is -2.01. The number of aromatic nitrogens is 1. The molecule has 0 atom stereocenters. The van der Waals surface area contributed by atoms with Crippen molar-refractivity contribution in [2.24, 2.45) is 0 Å².